The number of nitrogens with zero attached hydrogens (tertiary/aromatic N) is 1. The van der Waals surface area contributed by atoms with Crippen LogP contribution >= 0.6 is 0 Å². The third-order valence-electron chi connectivity index (χ3n) is 6.72. The highest BCUT2D eigenvalue weighted by Crippen LogP contribution is 2.35. The lowest BCUT2D eigenvalue weighted by atomic mass is 9.90. The maximum Gasteiger partial charge on any atom is 0.261 e. The van der Waals surface area contributed by atoms with Crippen molar-refractivity contribution in [2.75, 3.05) is 5.32 Å². The molecule has 34 heavy (non-hydrogen) atoms. The van der Waals surface area contributed by atoms with Crippen LogP contribution in [0.5, 0.6) is 0 Å². The summed E-state index contributed by atoms with van der Waals surface area (Å²) in [6.07, 6.45) is 1.97. The third-order valence-corrected chi connectivity index (χ3v) is 6.72. The Kier molecular flexibility index (Phi) is 4.58. The number of benzene rings is 3. The number of imide groups is 1. The first kappa shape index (κ1) is 20.4. The molecular formula is C27H20FN3O3. The smallest absolute Gasteiger partial charge is 0.261 e. The van der Waals surface area contributed by atoms with Gasteiger partial charge in [0.15, 0.2) is 0 Å². The number of rotatable bonds is 3. The van der Waals surface area contributed by atoms with Gasteiger partial charge in [-0.25, -0.2) is 4.39 Å². The summed E-state index contributed by atoms with van der Waals surface area (Å²) in [6, 6.07) is 17.7. The van der Waals surface area contributed by atoms with Gasteiger partial charge in [-0.1, -0.05) is 12.1 Å². The van der Waals surface area contributed by atoms with Gasteiger partial charge in [-0.15, -0.1) is 0 Å². The van der Waals surface area contributed by atoms with Crippen molar-refractivity contribution in [3.8, 4) is 0 Å². The molecule has 2 N–H and O–H groups in total. The average Bonchev–Trinajstić information content (AvgIpc) is 3.33. The largest absolute Gasteiger partial charge is 0.358 e. The van der Waals surface area contributed by atoms with Crippen LogP contribution in [0.15, 0.2) is 66.7 Å². The number of aryl methyl sites for hydroxylation is 1. The Morgan fingerprint density at radius 1 is 0.971 bits per heavy atom. The molecule has 2 heterocycles. The standard InChI is InChI=1S/C27H20FN3O3/c28-16-7-5-15(6-8-16)25(32)29-17-9-11-23-21(13-17)22-14-18(10-12-24(22)30-23)31-26(33)19-3-1-2-4-20(19)27(31)34/h1-9,11,13,18,30H,10,12,14H2,(H,29,32). The number of halogens is 1. The number of anilines is 1. The fourth-order valence-corrected chi connectivity index (χ4v) is 5.04. The van der Waals surface area contributed by atoms with Gasteiger partial charge >= 0.3 is 0 Å². The molecule has 3 aromatic carbocycles. The number of hydrogen-bond donors (Lipinski definition) is 2. The fourth-order valence-electron chi connectivity index (χ4n) is 5.04. The zero-order chi connectivity index (χ0) is 23.4. The predicted octanol–water partition coefficient (Wildman–Crippen LogP) is 4.71. The maximum atomic E-state index is 13.2. The van der Waals surface area contributed by atoms with Crippen LogP contribution < -0.4 is 5.32 Å². The zero-order valence-corrected chi connectivity index (χ0v) is 18.1. The molecule has 0 spiro atoms. The molecule has 1 unspecified atom stereocenters. The quantitative estimate of drug-likeness (QED) is 0.441. The first-order valence-electron chi connectivity index (χ1n) is 11.2. The molecule has 6 rings (SSSR count). The Balaban J connectivity index is 1.29. The topological polar surface area (TPSA) is 82.3 Å². The van der Waals surface area contributed by atoms with Gasteiger partial charge in [0.25, 0.3) is 17.7 Å². The number of amides is 3. The summed E-state index contributed by atoms with van der Waals surface area (Å²) in [7, 11) is 0. The highest BCUT2D eigenvalue weighted by Gasteiger charge is 2.41. The summed E-state index contributed by atoms with van der Waals surface area (Å²) in [5, 5.41) is 3.82. The van der Waals surface area contributed by atoms with Gasteiger partial charge in [-0.2, -0.15) is 0 Å². The first-order chi connectivity index (χ1) is 16.5. The van der Waals surface area contributed by atoms with Gasteiger partial charge in [-0.3, -0.25) is 19.3 Å². The van der Waals surface area contributed by atoms with Crippen molar-refractivity contribution in [3.05, 3.63) is 100 Å². The van der Waals surface area contributed by atoms with Crippen molar-refractivity contribution in [1.82, 2.24) is 9.88 Å². The Hall–Kier alpha value is -4.26. The molecule has 0 saturated heterocycles. The molecule has 3 amide bonds. The van der Waals surface area contributed by atoms with E-state index in [1.807, 2.05) is 18.2 Å². The molecule has 168 valence electrons. The van der Waals surface area contributed by atoms with Crippen LogP contribution in [0, 0.1) is 5.82 Å². The van der Waals surface area contributed by atoms with E-state index >= 15 is 0 Å². The van der Waals surface area contributed by atoms with Crippen molar-refractivity contribution in [1.29, 1.82) is 0 Å². The van der Waals surface area contributed by atoms with Crippen LogP contribution in [0.3, 0.4) is 0 Å². The van der Waals surface area contributed by atoms with Crippen LogP contribution in [-0.4, -0.2) is 33.6 Å². The molecule has 0 radical (unpaired) electrons. The molecule has 1 aromatic heterocycles. The second kappa shape index (κ2) is 7.66. The lowest BCUT2D eigenvalue weighted by Crippen LogP contribution is -2.43. The van der Waals surface area contributed by atoms with Gasteiger partial charge in [0.2, 0.25) is 0 Å². The number of fused-ring (bicyclic) bond motifs is 4. The molecule has 6 nitrogen and oxygen atoms in total. The Morgan fingerprint density at radius 2 is 1.68 bits per heavy atom. The Labute approximate surface area is 194 Å². The molecule has 1 aliphatic heterocycles. The van der Waals surface area contributed by atoms with E-state index in [-0.39, 0.29) is 23.8 Å². The number of carbonyl (C=O) groups excluding carboxylic acids is 3. The number of H-pyrrole nitrogens is 1. The molecule has 4 aromatic rings. The van der Waals surface area contributed by atoms with Gasteiger partial charge < -0.3 is 10.3 Å². The minimum absolute atomic E-state index is 0.226. The second-order valence-corrected chi connectivity index (χ2v) is 8.73. The summed E-state index contributed by atoms with van der Waals surface area (Å²) in [5.41, 5.74) is 4.99. The van der Waals surface area contributed by atoms with Crippen LogP contribution in [0.1, 0.15) is 48.8 Å². The van der Waals surface area contributed by atoms with E-state index in [0.717, 1.165) is 28.6 Å². The van der Waals surface area contributed by atoms with E-state index in [9.17, 15) is 18.8 Å². The number of hydrogen-bond acceptors (Lipinski definition) is 3. The molecular weight excluding hydrogens is 433 g/mol. The highest BCUT2D eigenvalue weighted by molar-refractivity contribution is 6.21. The van der Waals surface area contributed by atoms with E-state index in [1.165, 1.54) is 29.2 Å². The van der Waals surface area contributed by atoms with Crippen molar-refractivity contribution in [3.63, 3.8) is 0 Å². The third kappa shape index (κ3) is 3.20. The molecule has 0 saturated carbocycles. The van der Waals surface area contributed by atoms with Crippen molar-refractivity contribution >= 4 is 34.3 Å². The number of aromatic nitrogens is 1. The average molecular weight is 453 g/mol. The van der Waals surface area contributed by atoms with Crippen LogP contribution in [-0.2, 0) is 12.8 Å². The Bertz CT molecular complexity index is 1450. The normalized spacial score (nSPS) is 17.1. The summed E-state index contributed by atoms with van der Waals surface area (Å²) >= 11 is 0. The summed E-state index contributed by atoms with van der Waals surface area (Å²) in [5.74, 6) is -1.19. The predicted molar refractivity (Wildman–Crippen MR) is 125 cm³/mol. The van der Waals surface area contributed by atoms with Crippen LogP contribution in [0.4, 0.5) is 10.1 Å². The maximum absolute atomic E-state index is 13.2. The van der Waals surface area contributed by atoms with Gasteiger partial charge in [0.1, 0.15) is 5.82 Å². The number of carbonyl (C=O) groups is 3. The summed E-state index contributed by atoms with van der Waals surface area (Å²) in [6.45, 7) is 0. The van der Waals surface area contributed by atoms with Crippen molar-refractivity contribution < 1.29 is 18.8 Å². The lowest BCUT2D eigenvalue weighted by Gasteiger charge is -2.29. The number of aromatic amines is 1. The van der Waals surface area contributed by atoms with E-state index in [2.05, 4.69) is 10.3 Å². The monoisotopic (exact) mass is 453 g/mol. The summed E-state index contributed by atoms with van der Waals surface area (Å²) in [4.78, 5) is 43.4. The highest BCUT2D eigenvalue weighted by atomic mass is 19.1. The van der Waals surface area contributed by atoms with Gasteiger partial charge in [-0.05, 0) is 79.4 Å². The van der Waals surface area contributed by atoms with E-state index < -0.39 is 5.82 Å². The van der Waals surface area contributed by atoms with Crippen LogP contribution in [0.25, 0.3) is 10.9 Å². The molecule has 1 aliphatic carbocycles. The van der Waals surface area contributed by atoms with Crippen LogP contribution in [0.2, 0.25) is 0 Å². The second-order valence-electron chi connectivity index (χ2n) is 8.73. The molecule has 0 fully saturated rings. The molecule has 2 aliphatic rings. The molecule has 7 heteroatoms. The summed E-state index contributed by atoms with van der Waals surface area (Å²) < 4.78 is 13.2. The Morgan fingerprint density at radius 3 is 2.38 bits per heavy atom. The van der Waals surface area contributed by atoms with Crippen molar-refractivity contribution in [2.45, 2.75) is 25.3 Å². The van der Waals surface area contributed by atoms with Crippen molar-refractivity contribution in [2.24, 2.45) is 0 Å². The van der Waals surface area contributed by atoms with E-state index in [4.69, 9.17) is 0 Å². The first-order valence-corrected chi connectivity index (χ1v) is 11.2. The minimum atomic E-state index is -0.399. The minimum Gasteiger partial charge on any atom is -0.358 e. The lowest BCUT2D eigenvalue weighted by molar-refractivity contribution is 0.0571. The molecule has 0 bridgehead atoms. The SMILES string of the molecule is O=C(Nc1ccc2[nH]c3c(c2c1)CC(N1C(=O)c2ccccc2C1=O)CC3)c1ccc(F)cc1. The zero-order valence-electron chi connectivity index (χ0n) is 18.1. The van der Waals surface area contributed by atoms with Gasteiger partial charge in [0, 0.05) is 33.9 Å². The van der Waals surface area contributed by atoms with E-state index in [1.54, 1.807) is 24.3 Å². The van der Waals surface area contributed by atoms with Gasteiger partial charge in [0.05, 0.1) is 11.1 Å². The fraction of sp³-hybridized carbons (Fsp3) is 0.148. The molecule has 1 atom stereocenters. The van der Waals surface area contributed by atoms with E-state index in [0.29, 0.717) is 35.2 Å². The number of nitrogens with one attached hydrogen (secondary N) is 2.